The molecule has 4 rings (SSSR count). The van der Waals surface area contributed by atoms with Crippen LogP contribution in [0, 0.1) is 25.7 Å². The lowest BCUT2D eigenvalue weighted by Gasteiger charge is -2.40. The number of rotatable bonds is 8. The average molecular weight is 535 g/mol. The van der Waals surface area contributed by atoms with E-state index in [1.165, 1.54) is 12.8 Å². The number of hydrogen-bond donors (Lipinski definition) is 2. The summed E-state index contributed by atoms with van der Waals surface area (Å²) in [5.74, 6) is 0.586. The summed E-state index contributed by atoms with van der Waals surface area (Å²) in [6.45, 7) is 11.4. The molecule has 0 radical (unpaired) electrons. The van der Waals surface area contributed by atoms with Gasteiger partial charge < -0.3 is 20.4 Å². The normalized spacial score (nSPS) is 25.3. The predicted octanol–water partition coefficient (Wildman–Crippen LogP) is 4.35. The Hall–Kier alpha value is -3.00. The molecule has 3 atom stereocenters. The topological polar surface area (TPSA) is 90.5 Å². The third-order valence-electron chi connectivity index (χ3n) is 8.85. The van der Waals surface area contributed by atoms with Gasteiger partial charge in [0.25, 0.3) is 5.91 Å². The monoisotopic (exact) mass is 534 g/mol. The van der Waals surface area contributed by atoms with Crippen molar-refractivity contribution >= 4 is 17.5 Å². The molecule has 2 fully saturated rings. The third kappa shape index (κ3) is 6.60. The molecule has 3 unspecified atom stereocenters. The zero-order valence-electron chi connectivity index (χ0n) is 24.8. The first-order valence-corrected chi connectivity index (χ1v) is 14.5. The van der Waals surface area contributed by atoms with E-state index in [9.17, 15) is 9.59 Å². The maximum absolute atomic E-state index is 13.7. The van der Waals surface area contributed by atoms with E-state index in [0.29, 0.717) is 30.0 Å². The van der Waals surface area contributed by atoms with Gasteiger partial charge in [0.15, 0.2) is 0 Å². The van der Waals surface area contributed by atoms with Crippen molar-refractivity contribution in [2.45, 2.75) is 84.8 Å². The van der Waals surface area contributed by atoms with Gasteiger partial charge in [0.2, 0.25) is 5.91 Å². The number of carbonyl (C=O) groups excluding carboxylic acids is 2. The summed E-state index contributed by atoms with van der Waals surface area (Å²) in [6.07, 6.45) is 9.17. The largest absolute Gasteiger partial charge is 0.369 e. The van der Waals surface area contributed by atoms with Gasteiger partial charge in [-0.1, -0.05) is 6.92 Å². The molecular weight excluding hydrogens is 488 g/mol. The molecule has 0 bridgehead atoms. The Morgan fingerprint density at radius 2 is 1.67 bits per heavy atom. The molecule has 2 N–H and O–H groups in total. The molecule has 0 spiro atoms. The molecule has 2 heterocycles. The molecule has 2 aliphatic rings. The highest BCUT2D eigenvalue weighted by atomic mass is 16.2. The molecule has 2 aromatic rings. The van der Waals surface area contributed by atoms with E-state index in [0.717, 1.165) is 48.2 Å². The minimum Gasteiger partial charge on any atom is -0.369 e. The molecule has 1 aliphatic heterocycles. The van der Waals surface area contributed by atoms with Crippen LogP contribution < -0.4 is 15.5 Å². The summed E-state index contributed by atoms with van der Waals surface area (Å²) in [5.41, 5.74) is 4.51. The Kier molecular flexibility index (Phi) is 9.26. The zero-order valence-corrected chi connectivity index (χ0v) is 24.8. The first-order valence-electron chi connectivity index (χ1n) is 14.5. The molecule has 1 aromatic heterocycles. The maximum Gasteiger partial charge on any atom is 0.251 e. The van der Waals surface area contributed by atoms with Crippen LogP contribution >= 0.6 is 0 Å². The number of aromatic nitrogens is 2. The SMILES string of the molecule is CCN(c1cc(-c2cnc(C)nc2)cc(C(=O)NCC2C(=O)NC(C)CC2C)c1C)C1CCC(N(C)C)CC1. The number of amides is 2. The Morgan fingerprint density at radius 1 is 1.03 bits per heavy atom. The first-order chi connectivity index (χ1) is 18.6. The van der Waals surface area contributed by atoms with Crippen molar-refractivity contribution in [3.8, 4) is 11.1 Å². The second kappa shape index (κ2) is 12.5. The molecule has 8 heteroatoms. The number of anilines is 1. The van der Waals surface area contributed by atoms with Crippen LogP contribution in [0.3, 0.4) is 0 Å². The second-order valence-electron chi connectivity index (χ2n) is 11.8. The molecule has 212 valence electrons. The maximum atomic E-state index is 13.7. The number of hydrogen-bond acceptors (Lipinski definition) is 6. The van der Waals surface area contributed by atoms with E-state index in [1.807, 2.05) is 39.2 Å². The number of nitrogens with one attached hydrogen (secondary N) is 2. The Bertz CT molecular complexity index is 1160. The van der Waals surface area contributed by atoms with Gasteiger partial charge in [-0.15, -0.1) is 0 Å². The fourth-order valence-electron chi connectivity index (χ4n) is 6.43. The number of aryl methyl sites for hydroxylation is 1. The smallest absolute Gasteiger partial charge is 0.251 e. The molecular formula is C31H46N6O2. The van der Waals surface area contributed by atoms with E-state index in [1.54, 1.807) is 0 Å². The van der Waals surface area contributed by atoms with Gasteiger partial charge in [0.05, 0.1) is 5.92 Å². The highest BCUT2D eigenvalue weighted by Crippen LogP contribution is 2.35. The van der Waals surface area contributed by atoms with Crippen LogP contribution in [-0.2, 0) is 4.79 Å². The van der Waals surface area contributed by atoms with Gasteiger partial charge in [-0.25, -0.2) is 9.97 Å². The van der Waals surface area contributed by atoms with Gasteiger partial charge in [0, 0.05) is 60.4 Å². The third-order valence-corrected chi connectivity index (χ3v) is 8.85. The molecule has 1 saturated heterocycles. The summed E-state index contributed by atoms with van der Waals surface area (Å²) < 4.78 is 0. The van der Waals surface area contributed by atoms with Crippen molar-refractivity contribution in [1.29, 1.82) is 0 Å². The van der Waals surface area contributed by atoms with Crippen molar-refractivity contribution < 1.29 is 9.59 Å². The quantitative estimate of drug-likeness (QED) is 0.523. The molecule has 2 amide bonds. The first kappa shape index (κ1) is 29.0. The number of carbonyl (C=O) groups is 2. The Morgan fingerprint density at radius 3 is 2.26 bits per heavy atom. The van der Waals surface area contributed by atoms with Crippen LogP contribution in [0.4, 0.5) is 5.69 Å². The van der Waals surface area contributed by atoms with E-state index in [2.05, 4.69) is 64.4 Å². The van der Waals surface area contributed by atoms with Crippen molar-refractivity contribution in [3.05, 3.63) is 41.5 Å². The van der Waals surface area contributed by atoms with E-state index < -0.39 is 0 Å². The van der Waals surface area contributed by atoms with Gasteiger partial charge >= 0.3 is 0 Å². The lowest BCUT2D eigenvalue weighted by atomic mass is 9.84. The summed E-state index contributed by atoms with van der Waals surface area (Å²) in [4.78, 5) is 40.0. The summed E-state index contributed by atoms with van der Waals surface area (Å²) in [6, 6.07) is 5.37. The summed E-state index contributed by atoms with van der Waals surface area (Å²) >= 11 is 0. The molecule has 1 aliphatic carbocycles. The molecule has 1 aromatic carbocycles. The number of piperidine rings is 1. The zero-order chi connectivity index (χ0) is 28.3. The minimum atomic E-state index is -0.224. The van der Waals surface area contributed by atoms with Crippen molar-refractivity contribution in [2.24, 2.45) is 11.8 Å². The number of benzene rings is 1. The van der Waals surface area contributed by atoms with Crippen molar-refractivity contribution in [2.75, 3.05) is 32.1 Å². The van der Waals surface area contributed by atoms with Gasteiger partial charge in [-0.05, 0) is 103 Å². The van der Waals surface area contributed by atoms with Gasteiger partial charge in [0.1, 0.15) is 5.82 Å². The van der Waals surface area contributed by atoms with Gasteiger partial charge in [-0.2, -0.15) is 0 Å². The predicted molar refractivity (Wildman–Crippen MR) is 157 cm³/mol. The van der Waals surface area contributed by atoms with E-state index in [4.69, 9.17) is 0 Å². The summed E-state index contributed by atoms with van der Waals surface area (Å²) in [5, 5.41) is 6.13. The fourth-order valence-corrected chi connectivity index (χ4v) is 6.43. The van der Waals surface area contributed by atoms with Crippen LogP contribution in [0.25, 0.3) is 11.1 Å². The van der Waals surface area contributed by atoms with Crippen LogP contribution in [0.15, 0.2) is 24.5 Å². The van der Waals surface area contributed by atoms with Gasteiger partial charge in [-0.3, -0.25) is 9.59 Å². The average Bonchev–Trinajstić information content (AvgIpc) is 2.90. The Labute approximate surface area is 234 Å². The van der Waals surface area contributed by atoms with Crippen LogP contribution in [-0.4, -0.2) is 72.0 Å². The van der Waals surface area contributed by atoms with E-state index in [-0.39, 0.29) is 29.7 Å². The summed E-state index contributed by atoms with van der Waals surface area (Å²) in [7, 11) is 4.34. The van der Waals surface area contributed by atoms with Crippen LogP contribution in [0.2, 0.25) is 0 Å². The number of nitrogens with zero attached hydrogens (tertiary/aromatic N) is 4. The fraction of sp³-hybridized carbons (Fsp3) is 0.613. The van der Waals surface area contributed by atoms with Crippen LogP contribution in [0.5, 0.6) is 0 Å². The van der Waals surface area contributed by atoms with Crippen LogP contribution in [0.1, 0.15) is 74.6 Å². The standard InChI is InChI=1S/C31H46N6O2/c1-8-37(26-11-9-25(10-12-26)36(6)7)29-15-23(24-16-32-22(5)33-17-24)14-27(21(29)4)30(38)34-18-28-19(2)13-20(3)35-31(28)39/h14-17,19-20,25-26,28H,8-13,18H2,1-7H3,(H,34,38)(H,35,39). The molecule has 39 heavy (non-hydrogen) atoms. The lowest BCUT2D eigenvalue weighted by molar-refractivity contribution is -0.129. The molecule has 8 nitrogen and oxygen atoms in total. The lowest BCUT2D eigenvalue weighted by Crippen LogP contribution is -2.50. The minimum absolute atomic E-state index is 0.0231. The molecule has 1 saturated carbocycles. The van der Waals surface area contributed by atoms with E-state index >= 15 is 0 Å². The van der Waals surface area contributed by atoms with Crippen molar-refractivity contribution in [1.82, 2.24) is 25.5 Å². The Balaban J connectivity index is 1.65. The van der Waals surface area contributed by atoms with Crippen molar-refractivity contribution in [3.63, 3.8) is 0 Å². The highest BCUT2D eigenvalue weighted by molar-refractivity contribution is 5.99. The second-order valence-corrected chi connectivity index (χ2v) is 11.8. The highest BCUT2D eigenvalue weighted by Gasteiger charge is 2.33.